The highest BCUT2D eigenvalue weighted by molar-refractivity contribution is 6.39. The van der Waals surface area contributed by atoms with Gasteiger partial charge < -0.3 is 15.3 Å². The molecular formula is C16H17F6N3O3. The van der Waals surface area contributed by atoms with Gasteiger partial charge in [0.15, 0.2) is 0 Å². The summed E-state index contributed by atoms with van der Waals surface area (Å²) in [5.74, 6) is -2.39. The molecular weight excluding hydrogens is 396 g/mol. The number of rotatable bonds is 3. The van der Waals surface area contributed by atoms with Gasteiger partial charge in [0.25, 0.3) is 0 Å². The molecule has 0 saturated carbocycles. The Morgan fingerprint density at radius 2 is 1.43 bits per heavy atom. The monoisotopic (exact) mass is 413 g/mol. The van der Waals surface area contributed by atoms with E-state index in [0.29, 0.717) is 31.8 Å². The predicted molar refractivity (Wildman–Crippen MR) is 85.2 cm³/mol. The van der Waals surface area contributed by atoms with Crippen molar-refractivity contribution in [3.63, 3.8) is 0 Å². The second-order valence-electron chi connectivity index (χ2n) is 6.11. The van der Waals surface area contributed by atoms with Crippen LogP contribution < -0.4 is 5.32 Å². The molecule has 1 fully saturated rings. The number of piperazine rings is 1. The van der Waals surface area contributed by atoms with Crippen molar-refractivity contribution in [1.29, 1.82) is 0 Å². The van der Waals surface area contributed by atoms with Crippen LogP contribution in [0, 0.1) is 0 Å². The van der Waals surface area contributed by atoms with Crippen molar-refractivity contribution in [3.05, 3.63) is 29.3 Å². The van der Waals surface area contributed by atoms with Gasteiger partial charge in [-0.15, -0.1) is 0 Å². The summed E-state index contributed by atoms with van der Waals surface area (Å²) in [6.45, 7) is 1.35. The number of nitrogens with one attached hydrogen (secondary N) is 1. The Morgan fingerprint density at radius 1 is 0.929 bits per heavy atom. The summed E-state index contributed by atoms with van der Waals surface area (Å²) in [4.78, 5) is 27.1. The van der Waals surface area contributed by atoms with Crippen LogP contribution in [0.15, 0.2) is 18.2 Å². The molecule has 0 aromatic heterocycles. The molecule has 1 aromatic carbocycles. The van der Waals surface area contributed by atoms with Crippen LogP contribution in [0.5, 0.6) is 0 Å². The van der Waals surface area contributed by atoms with E-state index >= 15 is 0 Å². The fourth-order valence-electron chi connectivity index (χ4n) is 2.67. The summed E-state index contributed by atoms with van der Waals surface area (Å²) < 4.78 is 77.1. The number of aliphatic hydroxyl groups is 1. The Bertz CT molecular complexity index is 695. The lowest BCUT2D eigenvalue weighted by atomic mass is 10.1. The van der Waals surface area contributed by atoms with Crippen molar-refractivity contribution in [2.45, 2.75) is 12.4 Å². The van der Waals surface area contributed by atoms with E-state index in [4.69, 9.17) is 5.11 Å². The number of benzene rings is 1. The molecule has 0 aliphatic carbocycles. The minimum atomic E-state index is -5.06. The summed E-state index contributed by atoms with van der Waals surface area (Å²) >= 11 is 0. The molecule has 2 rings (SSSR count). The van der Waals surface area contributed by atoms with Gasteiger partial charge in [0, 0.05) is 38.4 Å². The zero-order chi connectivity index (χ0) is 21.1. The normalized spacial score (nSPS) is 16.2. The molecule has 1 aliphatic rings. The Kier molecular flexibility index (Phi) is 6.55. The van der Waals surface area contributed by atoms with Crippen LogP contribution in [0.4, 0.5) is 32.0 Å². The number of anilines is 1. The van der Waals surface area contributed by atoms with Gasteiger partial charge in [-0.3, -0.25) is 14.5 Å². The number of amides is 2. The first-order valence-electron chi connectivity index (χ1n) is 8.15. The van der Waals surface area contributed by atoms with Crippen molar-refractivity contribution in [3.8, 4) is 0 Å². The Labute approximate surface area is 155 Å². The molecule has 1 saturated heterocycles. The van der Waals surface area contributed by atoms with Gasteiger partial charge >= 0.3 is 24.2 Å². The minimum Gasteiger partial charge on any atom is -0.395 e. The van der Waals surface area contributed by atoms with E-state index in [2.05, 4.69) is 0 Å². The zero-order valence-corrected chi connectivity index (χ0v) is 14.4. The Balaban J connectivity index is 2.13. The van der Waals surface area contributed by atoms with Gasteiger partial charge in [0.1, 0.15) is 0 Å². The smallest absolute Gasteiger partial charge is 0.395 e. The average Bonchev–Trinajstić information content (AvgIpc) is 2.60. The predicted octanol–water partition coefficient (Wildman–Crippen LogP) is 1.80. The van der Waals surface area contributed by atoms with E-state index in [1.54, 1.807) is 0 Å². The van der Waals surface area contributed by atoms with Gasteiger partial charge in [-0.25, -0.2) is 0 Å². The Hall–Kier alpha value is -2.34. The number of carbonyl (C=O) groups excluding carboxylic acids is 2. The molecule has 156 valence electrons. The SMILES string of the molecule is O=C(Nc1cc(C(F)(F)F)cc(C(F)(F)F)c1)C(=O)N1CCN(CCO)CC1. The van der Waals surface area contributed by atoms with E-state index in [1.807, 2.05) is 10.2 Å². The molecule has 2 N–H and O–H groups in total. The first-order chi connectivity index (χ1) is 12.9. The lowest BCUT2D eigenvalue weighted by Gasteiger charge is -2.33. The number of hydrogen-bond donors (Lipinski definition) is 2. The highest BCUT2D eigenvalue weighted by Gasteiger charge is 2.37. The van der Waals surface area contributed by atoms with Crippen molar-refractivity contribution in [2.24, 2.45) is 0 Å². The molecule has 0 bridgehead atoms. The van der Waals surface area contributed by atoms with Crippen molar-refractivity contribution >= 4 is 17.5 Å². The van der Waals surface area contributed by atoms with Crippen molar-refractivity contribution in [2.75, 3.05) is 44.6 Å². The van der Waals surface area contributed by atoms with Gasteiger partial charge in [0.2, 0.25) is 0 Å². The molecule has 0 spiro atoms. The quantitative estimate of drug-likeness (QED) is 0.586. The van der Waals surface area contributed by atoms with Gasteiger partial charge in [-0.1, -0.05) is 0 Å². The molecule has 1 aromatic rings. The number of nitrogens with zero attached hydrogens (tertiary/aromatic N) is 2. The number of carbonyl (C=O) groups is 2. The van der Waals surface area contributed by atoms with E-state index in [-0.39, 0.29) is 25.8 Å². The first-order valence-corrected chi connectivity index (χ1v) is 8.15. The van der Waals surface area contributed by atoms with E-state index in [0.717, 1.165) is 4.90 Å². The lowest BCUT2D eigenvalue weighted by Crippen LogP contribution is -2.52. The van der Waals surface area contributed by atoms with Gasteiger partial charge in [-0.05, 0) is 18.2 Å². The summed E-state index contributed by atoms with van der Waals surface area (Å²) in [5, 5.41) is 10.7. The Morgan fingerprint density at radius 3 is 1.86 bits per heavy atom. The van der Waals surface area contributed by atoms with Crippen LogP contribution in [0.1, 0.15) is 11.1 Å². The molecule has 28 heavy (non-hydrogen) atoms. The topological polar surface area (TPSA) is 72.9 Å². The molecule has 2 amide bonds. The fraction of sp³-hybridized carbons (Fsp3) is 0.500. The van der Waals surface area contributed by atoms with Crippen LogP contribution in [-0.2, 0) is 21.9 Å². The summed E-state index contributed by atoms with van der Waals surface area (Å²) in [5.41, 5.74) is -3.97. The lowest BCUT2D eigenvalue weighted by molar-refractivity contribution is -0.144. The summed E-state index contributed by atoms with van der Waals surface area (Å²) in [6.07, 6.45) is -10.1. The van der Waals surface area contributed by atoms with E-state index in [1.165, 1.54) is 0 Å². The highest BCUT2D eigenvalue weighted by atomic mass is 19.4. The standard InChI is InChI=1S/C16H17F6N3O3/c17-15(18,19)10-7-11(16(20,21)22)9-12(8-10)23-13(27)14(28)25-3-1-24(2-4-25)5-6-26/h7-9,26H,1-6H2,(H,23,27). The molecule has 1 aliphatic heterocycles. The van der Waals surface area contributed by atoms with Crippen molar-refractivity contribution in [1.82, 2.24) is 9.80 Å². The van der Waals surface area contributed by atoms with Crippen LogP contribution >= 0.6 is 0 Å². The zero-order valence-electron chi connectivity index (χ0n) is 14.4. The van der Waals surface area contributed by atoms with Gasteiger partial charge in [0.05, 0.1) is 17.7 Å². The molecule has 0 atom stereocenters. The largest absolute Gasteiger partial charge is 0.416 e. The average molecular weight is 413 g/mol. The highest BCUT2D eigenvalue weighted by Crippen LogP contribution is 2.37. The maximum absolute atomic E-state index is 12.8. The number of aliphatic hydroxyl groups excluding tert-OH is 1. The molecule has 6 nitrogen and oxygen atoms in total. The van der Waals surface area contributed by atoms with Crippen molar-refractivity contribution < 1.29 is 41.0 Å². The maximum atomic E-state index is 12.8. The summed E-state index contributed by atoms with van der Waals surface area (Å²) in [6, 6.07) is 0.594. The third-order valence-corrected chi connectivity index (χ3v) is 4.12. The maximum Gasteiger partial charge on any atom is 0.416 e. The number of β-amino-alcohol motifs (C(OH)–C–C–N with tert-alkyl or cyclic N) is 1. The third-order valence-electron chi connectivity index (χ3n) is 4.12. The van der Waals surface area contributed by atoms with E-state index < -0.39 is 41.0 Å². The minimum absolute atomic E-state index is 0.0716. The van der Waals surface area contributed by atoms with Crippen LogP contribution in [0.25, 0.3) is 0 Å². The van der Waals surface area contributed by atoms with E-state index in [9.17, 15) is 35.9 Å². The second kappa shape index (κ2) is 8.35. The summed E-state index contributed by atoms with van der Waals surface area (Å²) in [7, 11) is 0. The molecule has 0 radical (unpaired) electrons. The van der Waals surface area contributed by atoms with Crippen LogP contribution in [0.2, 0.25) is 0 Å². The molecule has 0 unspecified atom stereocenters. The second-order valence-corrected chi connectivity index (χ2v) is 6.11. The van der Waals surface area contributed by atoms with Gasteiger partial charge in [-0.2, -0.15) is 26.3 Å². The molecule has 1 heterocycles. The third kappa shape index (κ3) is 5.58. The first kappa shape index (κ1) is 22.0. The molecule has 12 heteroatoms. The number of alkyl halides is 6. The number of halogens is 6. The fourth-order valence-corrected chi connectivity index (χ4v) is 2.67. The van der Waals surface area contributed by atoms with Crippen LogP contribution in [0.3, 0.4) is 0 Å². The number of hydrogen-bond acceptors (Lipinski definition) is 4. The van der Waals surface area contributed by atoms with Crippen LogP contribution in [-0.4, -0.2) is 66.1 Å².